The van der Waals surface area contributed by atoms with Gasteiger partial charge in [0.15, 0.2) is 11.5 Å². The van der Waals surface area contributed by atoms with Crippen molar-refractivity contribution in [1.82, 2.24) is 14.8 Å². The van der Waals surface area contributed by atoms with Gasteiger partial charge in [0.05, 0.1) is 12.6 Å². The molecule has 1 fully saturated rings. The number of H-pyrrole nitrogens is 1. The summed E-state index contributed by atoms with van der Waals surface area (Å²) < 4.78 is 25.0. The number of nitrogens with zero attached hydrogens (tertiary/aromatic N) is 2. The molecule has 0 unspecified atom stereocenters. The van der Waals surface area contributed by atoms with Gasteiger partial charge in [0.2, 0.25) is 18.6 Å². The Morgan fingerprint density at radius 1 is 1.10 bits per heavy atom. The molecular weight excluding hydrogens is 389 g/mol. The van der Waals surface area contributed by atoms with Gasteiger partial charge in [-0.05, 0) is 41.5 Å². The number of hydrogen-bond acceptors (Lipinski definition) is 4. The van der Waals surface area contributed by atoms with Crippen LogP contribution in [0.1, 0.15) is 22.9 Å². The minimum absolute atomic E-state index is 0.0283. The highest BCUT2D eigenvalue weighted by atomic mass is 19.1. The second-order valence-corrected chi connectivity index (χ2v) is 7.94. The third-order valence-electron chi connectivity index (χ3n) is 6.22. The van der Waals surface area contributed by atoms with E-state index >= 15 is 0 Å². The predicted octanol–water partition coefficient (Wildman–Crippen LogP) is 2.35. The number of nitrogens with one attached hydrogen (secondary N) is 1. The maximum absolute atomic E-state index is 14.0. The lowest BCUT2D eigenvalue weighted by Crippen LogP contribution is -2.62. The summed E-state index contributed by atoms with van der Waals surface area (Å²) in [5.41, 5.74) is 3.25. The predicted molar refractivity (Wildman–Crippen MR) is 105 cm³/mol. The quantitative estimate of drug-likeness (QED) is 0.672. The normalized spacial score (nSPS) is 22.5. The van der Waals surface area contributed by atoms with Gasteiger partial charge in [-0.15, -0.1) is 0 Å². The zero-order chi connectivity index (χ0) is 20.6. The van der Waals surface area contributed by atoms with Crippen molar-refractivity contribution < 1.29 is 23.5 Å². The summed E-state index contributed by atoms with van der Waals surface area (Å²) >= 11 is 0. The Hall–Kier alpha value is -3.55. The second kappa shape index (κ2) is 5.98. The number of hydrogen-bond donors (Lipinski definition) is 1. The Balaban J connectivity index is 1.60. The first-order chi connectivity index (χ1) is 14.5. The molecule has 8 heteroatoms. The molecule has 3 aliphatic heterocycles. The number of rotatable bonds is 1. The minimum atomic E-state index is -0.638. The monoisotopic (exact) mass is 407 g/mol. The third kappa shape index (κ3) is 2.30. The average molecular weight is 407 g/mol. The molecule has 30 heavy (non-hydrogen) atoms. The van der Waals surface area contributed by atoms with Crippen LogP contribution >= 0.6 is 0 Å². The third-order valence-corrected chi connectivity index (χ3v) is 6.22. The molecule has 2 atom stereocenters. The van der Waals surface area contributed by atoms with E-state index in [-0.39, 0.29) is 31.0 Å². The minimum Gasteiger partial charge on any atom is -0.454 e. The average Bonchev–Trinajstić information content (AvgIpc) is 3.34. The Labute approximate surface area is 171 Å². The molecule has 3 aliphatic rings. The SMILES string of the molecule is CN1CC(=O)N2[C@@H](c3ccc4c(c3)OCO4)c3[nH]c4ccc(F)cc4c3C[C@H]2C1=O. The Kier molecular flexibility index (Phi) is 3.45. The van der Waals surface area contributed by atoms with Crippen LogP contribution in [-0.2, 0) is 16.0 Å². The second-order valence-electron chi connectivity index (χ2n) is 7.94. The molecule has 0 spiro atoms. The molecule has 0 bridgehead atoms. The van der Waals surface area contributed by atoms with Crippen molar-refractivity contribution in [3.05, 3.63) is 59.0 Å². The van der Waals surface area contributed by atoms with E-state index in [0.717, 1.165) is 27.7 Å². The van der Waals surface area contributed by atoms with E-state index in [1.165, 1.54) is 17.0 Å². The smallest absolute Gasteiger partial charge is 0.245 e. The van der Waals surface area contributed by atoms with Gasteiger partial charge < -0.3 is 24.3 Å². The number of aromatic nitrogens is 1. The van der Waals surface area contributed by atoms with Crippen LogP contribution in [0.15, 0.2) is 36.4 Å². The number of ether oxygens (including phenoxy) is 2. The number of benzene rings is 2. The van der Waals surface area contributed by atoms with Crippen LogP contribution in [0.4, 0.5) is 4.39 Å². The fourth-order valence-electron chi connectivity index (χ4n) is 4.86. The maximum Gasteiger partial charge on any atom is 0.245 e. The number of carbonyl (C=O) groups is 2. The number of piperazine rings is 1. The molecule has 0 saturated carbocycles. The summed E-state index contributed by atoms with van der Waals surface area (Å²) in [7, 11) is 1.64. The molecule has 2 aromatic carbocycles. The maximum atomic E-state index is 14.0. The van der Waals surface area contributed by atoms with E-state index in [4.69, 9.17) is 9.47 Å². The molecule has 3 aromatic rings. The van der Waals surface area contributed by atoms with E-state index in [0.29, 0.717) is 17.9 Å². The highest BCUT2D eigenvalue weighted by molar-refractivity contribution is 5.97. The van der Waals surface area contributed by atoms with Crippen molar-refractivity contribution in [2.45, 2.75) is 18.5 Å². The van der Waals surface area contributed by atoms with Gasteiger partial charge in [-0.1, -0.05) is 6.07 Å². The van der Waals surface area contributed by atoms with Crippen LogP contribution in [0.3, 0.4) is 0 Å². The molecule has 0 aliphatic carbocycles. The summed E-state index contributed by atoms with van der Waals surface area (Å²) in [6.45, 7) is 0.176. The highest BCUT2D eigenvalue weighted by Gasteiger charge is 2.47. The van der Waals surface area contributed by atoms with Gasteiger partial charge in [0.1, 0.15) is 11.9 Å². The van der Waals surface area contributed by atoms with Crippen LogP contribution in [-0.4, -0.2) is 53.0 Å². The number of aromatic amines is 1. The number of likely N-dealkylation sites (N-methyl/N-ethyl adjacent to an activating group) is 1. The summed E-state index contributed by atoms with van der Waals surface area (Å²) in [6.07, 6.45) is 0.342. The molecule has 1 saturated heterocycles. The fourth-order valence-corrected chi connectivity index (χ4v) is 4.86. The van der Waals surface area contributed by atoms with Crippen molar-refractivity contribution in [2.75, 3.05) is 20.4 Å². The van der Waals surface area contributed by atoms with E-state index < -0.39 is 12.1 Å². The standard InChI is InChI=1S/C22H18FN3O4/c1-25-9-19(27)26-16(22(25)28)8-14-13-7-12(23)3-4-15(13)24-20(14)21(26)11-2-5-17-18(6-11)30-10-29-17/h2-7,16,21,24H,8-10H2,1H3/t16-,21-/m0/s1. The fraction of sp³-hybridized carbons (Fsp3) is 0.273. The molecule has 1 aromatic heterocycles. The number of amides is 2. The molecule has 2 amide bonds. The van der Waals surface area contributed by atoms with Crippen molar-refractivity contribution in [3.8, 4) is 11.5 Å². The lowest BCUT2D eigenvalue weighted by atomic mass is 9.86. The summed E-state index contributed by atoms with van der Waals surface area (Å²) in [4.78, 5) is 32.6. The van der Waals surface area contributed by atoms with E-state index in [1.807, 2.05) is 18.2 Å². The van der Waals surface area contributed by atoms with Gasteiger partial charge in [-0.25, -0.2) is 4.39 Å². The van der Waals surface area contributed by atoms with Gasteiger partial charge in [0, 0.05) is 30.1 Å². The lowest BCUT2D eigenvalue weighted by molar-refractivity contribution is -0.157. The molecule has 152 valence electrons. The van der Waals surface area contributed by atoms with Crippen molar-refractivity contribution in [3.63, 3.8) is 0 Å². The first kappa shape index (κ1) is 17.3. The van der Waals surface area contributed by atoms with Crippen molar-refractivity contribution in [2.24, 2.45) is 0 Å². The molecular formula is C22H18FN3O4. The largest absolute Gasteiger partial charge is 0.454 e. The Morgan fingerprint density at radius 3 is 2.80 bits per heavy atom. The topological polar surface area (TPSA) is 74.9 Å². The van der Waals surface area contributed by atoms with Crippen LogP contribution in [0.5, 0.6) is 11.5 Å². The zero-order valence-electron chi connectivity index (χ0n) is 16.1. The summed E-state index contributed by atoms with van der Waals surface area (Å²) in [6, 6.07) is 8.97. The van der Waals surface area contributed by atoms with Gasteiger partial charge >= 0.3 is 0 Å². The lowest BCUT2D eigenvalue weighted by Gasteiger charge is -2.46. The number of carbonyl (C=O) groups excluding carboxylic acids is 2. The van der Waals surface area contributed by atoms with Gasteiger partial charge in [-0.3, -0.25) is 9.59 Å². The van der Waals surface area contributed by atoms with Crippen LogP contribution in [0, 0.1) is 5.82 Å². The first-order valence-electron chi connectivity index (χ1n) is 9.77. The van der Waals surface area contributed by atoms with Crippen LogP contribution < -0.4 is 9.47 Å². The molecule has 1 N–H and O–H groups in total. The summed E-state index contributed by atoms with van der Waals surface area (Å²) in [5.74, 6) is 0.670. The Morgan fingerprint density at radius 2 is 1.93 bits per heavy atom. The van der Waals surface area contributed by atoms with Crippen molar-refractivity contribution in [1.29, 1.82) is 0 Å². The van der Waals surface area contributed by atoms with Gasteiger partial charge in [0.25, 0.3) is 0 Å². The Bertz CT molecular complexity index is 1240. The molecule has 7 nitrogen and oxygen atoms in total. The van der Waals surface area contributed by atoms with E-state index in [1.54, 1.807) is 18.0 Å². The van der Waals surface area contributed by atoms with E-state index in [2.05, 4.69) is 4.98 Å². The number of halogens is 1. The first-order valence-corrected chi connectivity index (χ1v) is 9.77. The van der Waals surface area contributed by atoms with E-state index in [9.17, 15) is 14.0 Å². The molecule has 4 heterocycles. The summed E-state index contributed by atoms with van der Waals surface area (Å²) in [5, 5.41) is 0.740. The van der Waals surface area contributed by atoms with Crippen molar-refractivity contribution >= 4 is 22.7 Å². The molecule has 0 radical (unpaired) electrons. The van der Waals surface area contributed by atoms with Gasteiger partial charge in [-0.2, -0.15) is 0 Å². The number of fused-ring (bicyclic) bond motifs is 5. The highest BCUT2D eigenvalue weighted by Crippen LogP contribution is 2.44. The zero-order valence-corrected chi connectivity index (χ0v) is 16.1. The van der Waals surface area contributed by atoms with Crippen LogP contribution in [0.25, 0.3) is 10.9 Å². The van der Waals surface area contributed by atoms with Crippen LogP contribution in [0.2, 0.25) is 0 Å². The molecule has 6 rings (SSSR count).